The van der Waals surface area contributed by atoms with Gasteiger partial charge in [0.05, 0.1) is 4.47 Å². The van der Waals surface area contributed by atoms with Gasteiger partial charge in [-0.25, -0.2) is 0 Å². The lowest BCUT2D eigenvalue weighted by atomic mass is 9.87. The minimum Gasteiger partial charge on any atom is -0.483 e. The standard InChI is InChI=1S/C26H33BrCl2N2O3/c1-6-12-30-25(33)22(7-2)31(15-17-8-10-19(28)14-21(17)29)24(32)16-34-23-11-9-18(13-20(23)27)26(3,4)5/h8-11,13-14,22H,6-7,12,15-16H2,1-5H3,(H,30,33)/t22-/m1/s1. The van der Waals surface area contributed by atoms with E-state index in [-0.39, 0.29) is 30.4 Å². The van der Waals surface area contributed by atoms with Crippen LogP contribution in [-0.2, 0) is 21.5 Å². The van der Waals surface area contributed by atoms with Gasteiger partial charge < -0.3 is 15.0 Å². The second-order valence-corrected chi connectivity index (χ2v) is 10.9. The lowest BCUT2D eigenvalue weighted by molar-refractivity contribution is -0.143. The summed E-state index contributed by atoms with van der Waals surface area (Å²) in [5.41, 5.74) is 1.85. The van der Waals surface area contributed by atoms with Gasteiger partial charge in [-0.1, -0.05) is 70.0 Å². The molecule has 0 heterocycles. The topological polar surface area (TPSA) is 58.6 Å². The molecule has 1 N–H and O–H groups in total. The molecular weight excluding hydrogens is 539 g/mol. The Morgan fingerprint density at radius 2 is 1.82 bits per heavy atom. The summed E-state index contributed by atoms with van der Waals surface area (Å²) in [7, 11) is 0. The summed E-state index contributed by atoms with van der Waals surface area (Å²) < 4.78 is 6.64. The molecule has 2 aromatic carbocycles. The molecule has 8 heteroatoms. The Labute approximate surface area is 221 Å². The molecule has 0 saturated carbocycles. The second kappa shape index (κ2) is 12.8. The van der Waals surface area contributed by atoms with Crippen molar-refractivity contribution in [3.8, 4) is 5.75 Å². The smallest absolute Gasteiger partial charge is 0.261 e. The first-order chi connectivity index (χ1) is 16.0. The normalized spacial score (nSPS) is 12.2. The van der Waals surface area contributed by atoms with Crippen molar-refractivity contribution >= 4 is 50.9 Å². The van der Waals surface area contributed by atoms with E-state index in [0.717, 1.165) is 16.5 Å². The van der Waals surface area contributed by atoms with Crippen LogP contribution in [0.5, 0.6) is 5.75 Å². The molecule has 2 rings (SSSR count). The van der Waals surface area contributed by atoms with Crippen LogP contribution in [-0.4, -0.2) is 35.9 Å². The number of hydrogen-bond donors (Lipinski definition) is 1. The van der Waals surface area contributed by atoms with E-state index in [2.05, 4.69) is 42.0 Å². The van der Waals surface area contributed by atoms with E-state index in [4.69, 9.17) is 27.9 Å². The van der Waals surface area contributed by atoms with E-state index in [9.17, 15) is 9.59 Å². The summed E-state index contributed by atoms with van der Waals surface area (Å²) in [5.74, 6) is 0.0594. The molecule has 5 nitrogen and oxygen atoms in total. The van der Waals surface area contributed by atoms with Gasteiger partial charge in [0.15, 0.2) is 6.61 Å². The van der Waals surface area contributed by atoms with Crippen LogP contribution in [0.25, 0.3) is 0 Å². The monoisotopic (exact) mass is 570 g/mol. The fourth-order valence-corrected chi connectivity index (χ4v) is 4.39. The second-order valence-electron chi connectivity index (χ2n) is 9.16. The van der Waals surface area contributed by atoms with Gasteiger partial charge in [0.2, 0.25) is 5.91 Å². The minimum absolute atomic E-state index is 0.00822. The van der Waals surface area contributed by atoms with Crippen molar-refractivity contribution in [3.63, 3.8) is 0 Å². The molecule has 0 aliphatic carbocycles. The SMILES string of the molecule is CCCNC(=O)[C@@H](CC)N(Cc1ccc(Cl)cc1Cl)C(=O)COc1ccc(C(C)(C)C)cc1Br. The number of nitrogens with one attached hydrogen (secondary N) is 1. The summed E-state index contributed by atoms with van der Waals surface area (Å²) in [6, 6.07) is 10.3. The van der Waals surface area contributed by atoms with Crippen LogP contribution in [0.2, 0.25) is 10.0 Å². The Hall–Kier alpha value is -1.76. The number of ether oxygens (including phenoxy) is 1. The summed E-state index contributed by atoms with van der Waals surface area (Å²) in [4.78, 5) is 27.7. The van der Waals surface area contributed by atoms with Gasteiger partial charge in [-0.05, 0) is 69.6 Å². The van der Waals surface area contributed by atoms with E-state index in [1.165, 1.54) is 4.90 Å². The highest BCUT2D eigenvalue weighted by atomic mass is 79.9. The molecule has 0 spiro atoms. The Morgan fingerprint density at radius 1 is 1.12 bits per heavy atom. The number of halogens is 3. The lowest BCUT2D eigenvalue weighted by Crippen LogP contribution is -2.50. The molecule has 0 unspecified atom stereocenters. The Bertz CT molecular complexity index is 1010. The van der Waals surface area contributed by atoms with Crippen molar-refractivity contribution in [2.45, 2.75) is 65.5 Å². The van der Waals surface area contributed by atoms with Crippen molar-refractivity contribution in [1.29, 1.82) is 0 Å². The van der Waals surface area contributed by atoms with Crippen LogP contribution < -0.4 is 10.1 Å². The molecule has 0 aliphatic heterocycles. The highest BCUT2D eigenvalue weighted by Crippen LogP contribution is 2.31. The van der Waals surface area contributed by atoms with Crippen LogP contribution >= 0.6 is 39.1 Å². The first-order valence-electron chi connectivity index (χ1n) is 11.4. The van der Waals surface area contributed by atoms with E-state index < -0.39 is 6.04 Å². The first-order valence-corrected chi connectivity index (χ1v) is 13.0. The van der Waals surface area contributed by atoms with Crippen LogP contribution in [0.1, 0.15) is 58.6 Å². The Morgan fingerprint density at radius 3 is 2.38 bits per heavy atom. The van der Waals surface area contributed by atoms with Crippen molar-refractivity contribution in [2.75, 3.05) is 13.2 Å². The molecule has 34 heavy (non-hydrogen) atoms. The molecule has 0 aliphatic rings. The maximum Gasteiger partial charge on any atom is 0.261 e. The van der Waals surface area contributed by atoms with Gasteiger partial charge >= 0.3 is 0 Å². The van der Waals surface area contributed by atoms with Gasteiger partial charge in [-0.3, -0.25) is 9.59 Å². The largest absolute Gasteiger partial charge is 0.483 e. The zero-order valence-electron chi connectivity index (χ0n) is 20.4. The first kappa shape index (κ1) is 28.5. The third-order valence-electron chi connectivity index (χ3n) is 5.44. The maximum absolute atomic E-state index is 13.4. The highest BCUT2D eigenvalue weighted by Gasteiger charge is 2.29. The molecule has 0 radical (unpaired) electrons. The fourth-order valence-electron chi connectivity index (χ4n) is 3.43. The van der Waals surface area contributed by atoms with Gasteiger partial charge in [0.25, 0.3) is 5.91 Å². The molecule has 2 amide bonds. The van der Waals surface area contributed by atoms with Crippen LogP contribution in [0.15, 0.2) is 40.9 Å². The van der Waals surface area contributed by atoms with E-state index in [1.807, 2.05) is 32.0 Å². The molecule has 0 bridgehead atoms. The molecule has 0 aromatic heterocycles. The summed E-state index contributed by atoms with van der Waals surface area (Å²) >= 11 is 16.0. The number of carbonyl (C=O) groups is 2. The zero-order chi connectivity index (χ0) is 25.5. The predicted octanol–water partition coefficient (Wildman–Crippen LogP) is 6.77. The number of nitrogens with zero attached hydrogens (tertiary/aromatic N) is 1. The summed E-state index contributed by atoms with van der Waals surface area (Å²) in [6.07, 6.45) is 1.26. The number of benzene rings is 2. The average molecular weight is 572 g/mol. The Balaban J connectivity index is 2.26. The zero-order valence-corrected chi connectivity index (χ0v) is 23.5. The van der Waals surface area contributed by atoms with E-state index >= 15 is 0 Å². The molecule has 0 saturated heterocycles. The molecule has 186 valence electrons. The van der Waals surface area contributed by atoms with Crippen LogP contribution in [0, 0.1) is 0 Å². The number of rotatable bonds is 10. The van der Waals surface area contributed by atoms with Crippen molar-refractivity contribution in [3.05, 3.63) is 62.0 Å². The molecule has 0 fully saturated rings. The van der Waals surface area contributed by atoms with Crippen molar-refractivity contribution in [2.24, 2.45) is 0 Å². The lowest BCUT2D eigenvalue weighted by Gasteiger charge is -2.31. The van der Waals surface area contributed by atoms with Gasteiger partial charge in [-0.15, -0.1) is 0 Å². The minimum atomic E-state index is -0.652. The predicted molar refractivity (Wildman–Crippen MR) is 143 cm³/mol. The maximum atomic E-state index is 13.4. The number of carbonyl (C=O) groups excluding carboxylic acids is 2. The molecule has 1 atom stereocenters. The van der Waals surface area contributed by atoms with Gasteiger partial charge in [-0.2, -0.15) is 0 Å². The third kappa shape index (κ3) is 7.89. The summed E-state index contributed by atoms with van der Waals surface area (Å²) in [5, 5.41) is 3.84. The van der Waals surface area contributed by atoms with Gasteiger partial charge in [0, 0.05) is 23.1 Å². The van der Waals surface area contributed by atoms with Crippen LogP contribution in [0.3, 0.4) is 0 Å². The highest BCUT2D eigenvalue weighted by molar-refractivity contribution is 9.10. The van der Waals surface area contributed by atoms with Crippen molar-refractivity contribution in [1.82, 2.24) is 10.2 Å². The molecular formula is C26H33BrCl2N2O3. The molecule has 2 aromatic rings. The number of hydrogen-bond acceptors (Lipinski definition) is 3. The van der Waals surface area contributed by atoms with Crippen LogP contribution in [0.4, 0.5) is 0 Å². The third-order valence-corrected chi connectivity index (χ3v) is 6.65. The van der Waals surface area contributed by atoms with Crippen molar-refractivity contribution < 1.29 is 14.3 Å². The van der Waals surface area contributed by atoms with E-state index in [0.29, 0.717) is 34.3 Å². The number of amides is 2. The fraction of sp³-hybridized carbons (Fsp3) is 0.462. The summed E-state index contributed by atoms with van der Waals surface area (Å²) in [6.45, 7) is 10.8. The van der Waals surface area contributed by atoms with E-state index in [1.54, 1.807) is 18.2 Å². The Kier molecular flexibility index (Phi) is 10.7. The average Bonchev–Trinajstić information content (AvgIpc) is 2.77. The van der Waals surface area contributed by atoms with Gasteiger partial charge in [0.1, 0.15) is 11.8 Å². The quantitative estimate of drug-likeness (QED) is 0.342.